The van der Waals surface area contributed by atoms with Gasteiger partial charge in [-0.15, -0.1) is 0 Å². The van der Waals surface area contributed by atoms with Gasteiger partial charge in [0.05, 0.1) is 0 Å². The fourth-order valence-corrected chi connectivity index (χ4v) is 0.642. The molecule has 0 aliphatic heterocycles. The van der Waals surface area contributed by atoms with Crippen molar-refractivity contribution in [3.05, 3.63) is 0 Å². The van der Waals surface area contributed by atoms with Gasteiger partial charge in [0.25, 0.3) is 0 Å². The maximum atomic E-state index is 8.88. The summed E-state index contributed by atoms with van der Waals surface area (Å²) in [7, 11) is -4.64. The predicted molar refractivity (Wildman–Crippen MR) is 50.8 cm³/mol. The first-order valence-electron chi connectivity index (χ1n) is 4.10. The van der Waals surface area contributed by atoms with Crippen LogP contribution in [0.25, 0.3) is 0 Å². The van der Waals surface area contributed by atoms with Crippen LogP contribution in [0.2, 0.25) is 0 Å². The molecule has 7 N–H and O–H groups in total. The van der Waals surface area contributed by atoms with E-state index in [1.165, 1.54) is 12.8 Å². The summed E-state index contributed by atoms with van der Waals surface area (Å²) in [6, 6.07) is 0. The molecule has 0 atom stereocenters. The van der Waals surface area contributed by atoms with Gasteiger partial charge in [-0.25, -0.2) is 4.57 Å². The molecule has 0 aliphatic rings. The average Bonchev–Trinajstić information content (AvgIpc) is 1.95. The van der Waals surface area contributed by atoms with E-state index in [-0.39, 0.29) is 0 Å². The zero-order valence-corrected chi connectivity index (χ0v) is 8.49. The molecule has 0 aromatic heterocycles. The summed E-state index contributed by atoms with van der Waals surface area (Å²) >= 11 is 0. The molecule has 0 aromatic rings. The lowest BCUT2D eigenvalue weighted by atomic mass is 10.2. The third kappa shape index (κ3) is 47.8. The molecule has 0 saturated heterocycles. The number of hydrogen-bond donors (Lipinski definition) is 5. The molecule has 7 heteroatoms. The summed E-state index contributed by atoms with van der Waals surface area (Å²) in [6.07, 6.45) is 4.79. The Morgan fingerprint density at radius 3 is 1.23 bits per heavy atom. The average molecular weight is 214 g/mol. The first-order chi connectivity index (χ1) is 5.91. The Kier molecular flexibility index (Phi) is 12.1. The van der Waals surface area contributed by atoms with E-state index in [4.69, 9.17) is 30.7 Å². The molecule has 0 aromatic carbocycles. The van der Waals surface area contributed by atoms with Crippen LogP contribution in [-0.4, -0.2) is 27.8 Å². The fourth-order valence-electron chi connectivity index (χ4n) is 0.642. The Bertz CT molecular complexity index is 124. The van der Waals surface area contributed by atoms with Crippen molar-refractivity contribution >= 4 is 7.82 Å². The van der Waals surface area contributed by atoms with Crippen molar-refractivity contribution in [1.29, 1.82) is 0 Å². The minimum Gasteiger partial charge on any atom is -0.330 e. The summed E-state index contributed by atoms with van der Waals surface area (Å²) in [5.41, 5.74) is 10.6. The molecule has 0 amide bonds. The number of rotatable bonds is 5. The minimum absolute atomic E-state index is 0.824. The van der Waals surface area contributed by atoms with Gasteiger partial charge < -0.3 is 26.1 Å². The lowest BCUT2D eigenvalue weighted by Crippen LogP contribution is -2.00. The molecule has 0 radical (unpaired) electrons. The molecule has 0 aliphatic carbocycles. The van der Waals surface area contributed by atoms with Gasteiger partial charge in [0.1, 0.15) is 0 Å². The SMILES string of the molecule is NCCCCCCN.O=P(O)(O)O. The Morgan fingerprint density at radius 2 is 1.08 bits per heavy atom. The van der Waals surface area contributed by atoms with Gasteiger partial charge in [-0.1, -0.05) is 12.8 Å². The number of unbranched alkanes of at least 4 members (excludes halogenated alkanes) is 3. The van der Waals surface area contributed by atoms with Gasteiger partial charge in [-0.2, -0.15) is 0 Å². The lowest BCUT2D eigenvalue weighted by Gasteiger charge is -1.94. The molecule has 82 valence electrons. The molecule has 0 bridgehead atoms. The Hall–Kier alpha value is 0.0300. The van der Waals surface area contributed by atoms with Crippen LogP contribution < -0.4 is 11.5 Å². The van der Waals surface area contributed by atoms with Crippen LogP contribution in [0.1, 0.15) is 25.7 Å². The van der Waals surface area contributed by atoms with Gasteiger partial charge in [0.15, 0.2) is 0 Å². The van der Waals surface area contributed by atoms with Crippen molar-refractivity contribution in [1.82, 2.24) is 0 Å². The lowest BCUT2D eigenvalue weighted by molar-refractivity contribution is 0.275. The first-order valence-corrected chi connectivity index (χ1v) is 5.66. The van der Waals surface area contributed by atoms with Gasteiger partial charge in [0.2, 0.25) is 0 Å². The quantitative estimate of drug-likeness (QED) is 0.311. The van der Waals surface area contributed by atoms with Crippen molar-refractivity contribution in [2.45, 2.75) is 25.7 Å². The van der Waals surface area contributed by atoms with Crippen molar-refractivity contribution in [2.24, 2.45) is 11.5 Å². The smallest absolute Gasteiger partial charge is 0.330 e. The number of hydrogen-bond acceptors (Lipinski definition) is 3. The molecule has 13 heavy (non-hydrogen) atoms. The van der Waals surface area contributed by atoms with Crippen LogP contribution >= 0.6 is 7.82 Å². The van der Waals surface area contributed by atoms with E-state index >= 15 is 0 Å². The summed E-state index contributed by atoms with van der Waals surface area (Å²) in [6.45, 7) is 1.65. The molecule has 6 nitrogen and oxygen atoms in total. The van der Waals surface area contributed by atoms with Crippen LogP contribution in [0, 0.1) is 0 Å². The highest BCUT2D eigenvalue weighted by Gasteiger charge is 2.00. The van der Waals surface area contributed by atoms with Gasteiger partial charge in [-0.05, 0) is 25.9 Å². The molecule has 0 unspecified atom stereocenters. The van der Waals surface area contributed by atoms with Crippen LogP contribution in [-0.2, 0) is 4.57 Å². The maximum absolute atomic E-state index is 8.88. The number of nitrogens with two attached hydrogens (primary N) is 2. The minimum atomic E-state index is -4.64. The molecular formula is C6H19N2O4P. The largest absolute Gasteiger partial charge is 0.466 e. The van der Waals surface area contributed by atoms with Crippen LogP contribution in [0.3, 0.4) is 0 Å². The first kappa shape index (κ1) is 15.5. The third-order valence-corrected chi connectivity index (χ3v) is 1.16. The summed E-state index contributed by atoms with van der Waals surface area (Å²) in [5.74, 6) is 0. The zero-order chi connectivity index (χ0) is 10.7. The fraction of sp³-hybridized carbons (Fsp3) is 1.00. The standard InChI is InChI=1S/C6H16N2.H3O4P/c7-5-3-1-2-4-6-8;1-5(2,3)4/h1-8H2;(H3,1,2,3,4). The van der Waals surface area contributed by atoms with Crippen LogP contribution in [0.4, 0.5) is 0 Å². The van der Waals surface area contributed by atoms with Crippen molar-refractivity contribution in [3.63, 3.8) is 0 Å². The van der Waals surface area contributed by atoms with E-state index in [9.17, 15) is 0 Å². The van der Waals surface area contributed by atoms with E-state index in [1.807, 2.05) is 0 Å². The molecular weight excluding hydrogens is 195 g/mol. The Labute approximate surface area is 78.2 Å². The monoisotopic (exact) mass is 214 g/mol. The molecule has 0 heterocycles. The zero-order valence-electron chi connectivity index (χ0n) is 7.59. The van der Waals surface area contributed by atoms with Crippen LogP contribution in [0.5, 0.6) is 0 Å². The van der Waals surface area contributed by atoms with Crippen LogP contribution in [0.15, 0.2) is 0 Å². The summed E-state index contributed by atoms with van der Waals surface area (Å²) < 4.78 is 8.88. The van der Waals surface area contributed by atoms with Crippen molar-refractivity contribution in [2.75, 3.05) is 13.1 Å². The van der Waals surface area contributed by atoms with Gasteiger partial charge in [-0.3, -0.25) is 0 Å². The summed E-state index contributed by atoms with van der Waals surface area (Å²) in [4.78, 5) is 21.6. The van der Waals surface area contributed by atoms with Crippen molar-refractivity contribution < 1.29 is 19.2 Å². The highest BCUT2D eigenvalue weighted by molar-refractivity contribution is 7.45. The topological polar surface area (TPSA) is 130 Å². The third-order valence-electron chi connectivity index (χ3n) is 1.16. The highest BCUT2D eigenvalue weighted by atomic mass is 31.2. The molecule has 0 fully saturated rings. The normalized spacial score (nSPS) is 10.5. The molecule has 0 rings (SSSR count). The van der Waals surface area contributed by atoms with E-state index < -0.39 is 7.82 Å². The predicted octanol–water partition coefficient (Wildman–Crippen LogP) is -0.464. The summed E-state index contributed by atoms with van der Waals surface area (Å²) in [5, 5.41) is 0. The van der Waals surface area contributed by atoms with E-state index in [0.717, 1.165) is 25.9 Å². The Morgan fingerprint density at radius 1 is 0.846 bits per heavy atom. The second-order valence-electron chi connectivity index (χ2n) is 2.50. The Balaban J connectivity index is 0. The van der Waals surface area contributed by atoms with Gasteiger partial charge >= 0.3 is 7.82 Å². The molecule has 0 spiro atoms. The van der Waals surface area contributed by atoms with E-state index in [2.05, 4.69) is 0 Å². The van der Waals surface area contributed by atoms with Gasteiger partial charge in [0, 0.05) is 0 Å². The second-order valence-corrected chi connectivity index (χ2v) is 3.53. The second kappa shape index (κ2) is 10.1. The van der Waals surface area contributed by atoms with E-state index in [1.54, 1.807) is 0 Å². The highest BCUT2D eigenvalue weighted by Crippen LogP contribution is 2.25. The van der Waals surface area contributed by atoms with E-state index in [0.29, 0.717) is 0 Å². The maximum Gasteiger partial charge on any atom is 0.466 e. The number of phosphoric acid groups is 1. The van der Waals surface area contributed by atoms with Crippen molar-refractivity contribution in [3.8, 4) is 0 Å². The molecule has 0 saturated carbocycles.